The van der Waals surface area contributed by atoms with Crippen LogP contribution in [0.15, 0.2) is 64.5 Å². The highest BCUT2D eigenvalue weighted by molar-refractivity contribution is 7.85. The molecule has 2 aliphatic rings. The number of rotatable bonds is 0. The minimum Gasteiger partial charge on any atom is -0.318 e. The molecule has 3 heterocycles. The summed E-state index contributed by atoms with van der Waals surface area (Å²) >= 11 is 0. The first kappa shape index (κ1) is 15.4. The van der Waals surface area contributed by atoms with Crippen molar-refractivity contribution >= 4 is 10.8 Å². The lowest BCUT2D eigenvalue weighted by atomic mass is 9.83. The Balaban J connectivity index is 0.000000704. The number of benzene rings is 2. The third-order valence-electron chi connectivity index (χ3n) is 4.95. The predicted octanol–water partition coefficient (Wildman–Crippen LogP) is 5.29. The van der Waals surface area contributed by atoms with E-state index in [0.717, 1.165) is 20.9 Å². The van der Waals surface area contributed by atoms with Crippen molar-refractivity contribution in [2.75, 3.05) is 0 Å². The molecule has 2 nitrogen and oxygen atoms in total. The summed E-state index contributed by atoms with van der Waals surface area (Å²) < 4.78 is 15.3. The average molecular weight is 335 g/mol. The third kappa shape index (κ3) is 1.73. The van der Waals surface area contributed by atoms with Crippen LogP contribution in [0.4, 0.5) is 0 Å². The zero-order valence-electron chi connectivity index (χ0n) is 14.5. The Hall–Kier alpha value is -2.13. The maximum Gasteiger partial charge on any atom is 0.0881 e. The van der Waals surface area contributed by atoms with Crippen LogP contribution in [0, 0.1) is 0 Å². The second kappa shape index (κ2) is 5.18. The molecule has 0 N–H and O–H groups in total. The molecule has 0 bridgehead atoms. The Morgan fingerprint density at radius 2 is 1.58 bits per heavy atom. The fourth-order valence-corrected chi connectivity index (χ4v) is 5.64. The monoisotopic (exact) mass is 335 g/mol. The molecular formula is C21H21NOS. The van der Waals surface area contributed by atoms with Gasteiger partial charge in [0.25, 0.3) is 0 Å². The Kier molecular flexibility index (Phi) is 3.33. The van der Waals surface area contributed by atoms with Crippen molar-refractivity contribution < 1.29 is 4.21 Å². The number of hydrogen-bond donors (Lipinski definition) is 0. The summed E-state index contributed by atoms with van der Waals surface area (Å²) in [6, 6.07) is 16.5. The van der Waals surface area contributed by atoms with Crippen LogP contribution in [0.25, 0.3) is 16.8 Å². The summed E-state index contributed by atoms with van der Waals surface area (Å²) in [6.45, 7) is 8.45. The number of para-hydroxylation sites is 1. The minimum atomic E-state index is -1.08. The van der Waals surface area contributed by atoms with E-state index in [1.54, 1.807) is 0 Å². The van der Waals surface area contributed by atoms with Crippen molar-refractivity contribution in [3.63, 3.8) is 0 Å². The summed E-state index contributed by atoms with van der Waals surface area (Å²) in [7, 11) is -1.08. The summed E-state index contributed by atoms with van der Waals surface area (Å²) in [4.78, 5) is 1.95. The van der Waals surface area contributed by atoms with E-state index in [1.165, 1.54) is 16.9 Å². The number of hydrogen-bond acceptors (Lipinski definition) is 1. The molecule has 0 spiro atoms. The summed E-state index contributed by atoms with van der Waals surface area (Å²) in [5.41, 5.74) is 5.82. The fraction of sp³-hybridized carbons (Fsp3) is 0.238. The van der Waals surface area contributed by atoms with Gasteiger partial charge in [0.2, 0.25) is 0 Å². The van der Waals surface area contributed by atoms with E-state index in [-0.39, 0.29) is 5.41 Å². The molecule has 0 radical (unpaired) electrons. The van der Waals surface area contributed by atoms with E-state index in [1.807, 2.05) is 32.0 Å². The molecule has 3 heteroatoms. The second-order valence-electron chi connectivity index (χ2n) is 6.50. The van der Waals surface area contributed by atoms with Crippen LogP contribution < -0.4 is 0 Å². The Morgan fingerprint density at radius 3 is 2.38 bits per heavy atom. The van der Waals surface area contributed by atoms with Crippen molar-refractivity contribution in [2.45, 2.75) is 42.9 Å². The van der Waals surface area contributed by atoms with Crippen LogP contribution in [-0.2, 0) is 16.2 Å². The molecule has 1 unspecified atom stereocenters. The molecule has 3 aromatic rings. The summed E-state index contributed by atoms with van der Waals surface area (Å²) in [5.74, 6) is 0. The van der Waals surface area contributed by atoms with Gasteiger partial charge < -0.3 is 4.57 Å². The first-order valence-corrected chi connectivity index (χ1v) is 9.62. The van der Waals surface area contributed by atoms with Gasteiger partial charge in [0.15, 0.2) is 0 Å². The molecule has 1 atom stereocenters. The smallest absolute Gasteiger partial charge is 0.0881 e. The van der Waals surface area contributed by atoms with Crippen molar-refractivity contribution in [3.8, 4) is 16.8 Å². The highest BCUT2D eigenvalue weighted by atomic mass is 32.2. The summed E-state index contributed by atoms with van der Waals surface area (Å²) in [5, 5.41) is 0. The van der Waals surface area contributed by atoms with Crippen LogP contribution in [0.1, 0.15) is 39.0 Å². The molecular weight excluding hydrogens is 314 g/mol. The summed E-state index contributed by atoms with van der Waals surface area (Å²) in [6.07, 6.45) is 2.17. The van der Waals surface area contributed by atoms with Crippen molar-refractivity contribution in [1.82, 2.24) is 4.57 Å². The van der Waals surface area contributed by atoms with Gasteiger partial charge in [-0.05, 0) is 17.7 Å². The first-order valence-electron chi connectivity index (χ1n) is 8.47. The van der Waals surface area contributed by atoms with E-state index in [4.69, 9.17) is 0 Å². The molecule has 0 aliphatic carbocycles. The van der Waals surface area contributed by atoms with E-state index in [0.29, 0.717) is 0 Å². The molecule has 2 aliphatic heterocycles. The van der Waals surface area contributed by atoms with Gasteiger partial charge in [-0.2, -0.15) is 0 Å². The SMILES string of the molecule is CC.CC1(C)c2ccccc2-n2cc3c(c21)S(=O)c1ccccc1-3. The Morgan fingerprint density at radius 1 is 0.917 bits per heavy atom. The maximum atomic E-state index is 13.0. The van der Waals surface area contributed by atoms with Gasteiger partial charge >= 0.3 is 0 Å². The molecule has 5 rings (SSSR count). The molecule has 0 saturated heterocycles. The van der Waals surface area contributed by atoms with Gasteiger partial charge in [0.1, 0.15) is 0 Å². The third-order valence-corrected chi connectivity index (χ3v) is 6.49. The van der Waals surface area contributed by atoms with E-state index in [2.05, 4.69) is 54.9 Å². The van der Waals surface area contributed by atoms with E-state index in [9.17, 15) is 4.21 Å². The second-order valence-corrected chi connectivity index (χ2v) is 7.88. The van der Waals surface area contributed by atoms with Gasteiger partial charge in [-0.1, -0.05) is 64.1 Å². The first-order chi connectivity index (χ1) is 11.6. The normalized spacial score (nSPS) is 18.1. The van der Waals surface area contributed by atoms with Crippen molar-refractivity contribution in [1.29, 1.82) is 0 Å². The van der Waals surface area contributed by atoms with Crippen molar-refractivity contribution in [2.24, 2.45) is 0 Å². The minimum absolute atomic E-state index is 0.123. The molecule has 1 aromatic heterocycles. The zero-order chi connectivity index (χ0) is 17.1. The highest BCUT2D eigenvalue weighted by Crippen LogP contribution is 2.52. The topological polar surface area (TPSA) is 22.0 Å². The van der Waals surface area contributed by atoms with Crippen LogP contribution in [0.5, 0.6) is 0 Å². The molecule has 122 valence electrons. The molecule has 24 heavy (non-hydrogen) atoms. The molecule has 0 amide bonds. The average Bonchev–Trinajstić information content (AvgIpc) is 3.20. The number of nitrogens with zero attached hydrogens (tertiary/aromatic N) is 1. The van der Waals surface area contributed by atoms with Crippen LogP contribution >= 0.6 is 0 Å². The standard InChI is InChI=1S/C19H15NOS.C2H6/c1-19(2)14-8-4-5-9-15(14)20-11-13-12-7-3-6-10-16(12)22(21)17(13)18(19)20;1-2/h3-11H,1-2H3;1-2H3. The van der Waals surface area contributed by atoms with E-state index >= 15 is 0 Å². The zero-order valence-corrected chi connectivity index (χ0v) is 15.3. The predicted molar refractivity (Wildman–Crippen MR) is 99.4 cm³/mol. The lowest BCUT2D eigenvalue weighted by molar-refractivity contribution is 0.624. The highest BCUT2D eigenvalue weighted by Gasteiger charge is 2.43. The van der Waals surface area contributed by atoms with Crippen LogP contribution in [0.3, 0.4) is 0 Å². The van der Waals surface area contributed by atoms with Crippen molar-refractivity contribution in [3.05, 3.63) is 66.0 Å². The molecule has 0 saturated carbocycles. The Labute approximate surface area is 145 Å². The van der Waals surface area contributed by atoms with Gasteiger partial charge in [0, 0.05) is 34.1 Å². The lowest BCUT2D eigenvalue weighted by Crippen LogP contribution is -2.17. The van der Waals surface area contributed by atoms with Gasteiger partial charge in [-0.25, -0.2) is 4.21 Å². The number of fused-ring (bicyclic) bond motifs is 7. The largest absolute Gasteiger partial charge is 0.318 e. The van der Waals surface area contributed by atoms with E-state index < -0.39 is 10.8 Å². The number of aromatic nitrogens is 1. The molecule has 0 fully saturated rings. The van der Waals surface area contributed by atoms with Crippen LogP contribution in [0.2, 0.25) is 0 Å². The van der Waals surface area contributed by atoms with Gasteiger partial charge in [0.05, 0.1) is 20.6 Å². The lowest BCUT2D eigenvalue weighted by Gasteiger charge is -2.20. The van der Waals surface area contributed by atoms with Gasteiger partial charge in [-0.3, -0.25) is 0 Å². The quantitative estimate of drug-likeness (QED) is 0.428. The Bertz CT molecular complexity index is 981. The van der Waals surface area contributed by atoms with Crippen LogP contribution in [-0.4, -0.2) is 8.78 Å². The van der Waals surface area contributed by atoms with Gasteiger partial charge in [-0.15, -0.1) is 0 Å². The fourth-order valence-electron chi connectivity index (χ4n) is 3.94. The maximum absolute atomic E-state index is 13.0. The molecule has 2 aromatic carbocycles.